The maximum absolute atomic E-state index is 12.3. The van der Waals surface area contributed by atoms with Gasteiger partial charge >= 0.3 is 18.1 Å². The number of carbonyl (C=O) groups excluding carboxylic acids is 1. The molecule has 33 heavy (non-hydrogen) atoms. The van der Waals surface area contributed by atoms with Crippen LogP contribution in [-0.2, 0) is 4.79 Å². The number of rotatable bonds is 8. The van der Waals surface area contributed by atoms with E-state index < -0.39 is 18.1 Å². The number of alkyl halides is 3. The Bertz CT molecular complexity index is 959. The lowest BCUT2D eigenvalue weighted by Crippen LogP contribution is -2.27. The van der Waals surface area contributed by atoms with E-state index >= 15 is 0 Å². The maximum atomic E-state index is 12.3. The van der Waals surface area contributed by atoms with Gasteiger partial charge < -0.3 is 20.4 Å². The van der Waals surface area contributed by atoms with Crippen LogP contribution in [0.5, 0.6) is 0 Å². The molecule has 0 unspecified atom stereocenters. The minimum atomic E-state index is -5.08. The number of benzene rings is 2. The van der Waals surface area contributed by atoms with Gasteiger partial charge in [0.15, 0.2) is 0 Å². The molecule has 11 heteroatoms. The van der Waals surface area contributed by atoms with Crippen molar-refractivity contribution in [2.24, 2.45) is 0 Å². The van der Waals surface area contributed by atoms with Crippen molar-refractivity contribution in [1.29, 1.82) is 0 Å². The summed E-state index contributed by atoms with van der Waals surface area (Å²) in [7, 11) is 0. The van der Waals surface area contributed by atoms with Crippen LogP contribution in [0.1, 0.15) is 47.4 Å². The molecule has 2 aromatic carbocycles. The molecule has 0 bridgehead atoms. The van der Waals surface area contributed by atoms with Gasteiger partial charge in [-0.2, -0.15) is 13.2 Å². The highest BCUT2D eigenvalue weighted by Crippen LogP contribution is 2.26. The number of hydrogen-bond donors (Lipinski definition) is 3. The number of nitrogens with zero attached hydrogens (tertiary/aromatic N) is 1. The highest BCUT2D eigenvalue weighted by Gasteiger charge is 2.38. The van der Waals surface area contributed by atoms with Crippen molar-refractivity contribution < 1.29 is 37.8 Å². The van der Waals surface area contributed by atoms with E-state index in [1.807, 2.05) is 0 Å². The van der Waals surface area contributed by atoms with Crippen LogP contribution in [0.4, 0.5) is 24.5 Å². The molecule has 0 aliphatic heterocycles. The van der Waals surface area contributed by atoms with Crippen LogP contribution in [0.15, 0.2) is 42.5 Å². The summed E-state index contributed by atoms with van der Waals surface area (Å²) in [6.07, 6.45) is -3.23. The van der Waals surface area contributed by atoms with E-state index in [4.69, 9.17) is 21.5 Å². The van der Waals surface area contributed by atoms with Gasteiger partial charge in [0.05, 0.1) is 11.3 Å². The Kier molecular flexibility index (Phi) is 10.7. The Morgan fingerprint density at radius 1 is 0.970 bits per heavy atom. The molecule has 0 fully saturated rings. The van der Waals surface area contributed by atoms with E-state index in [9.17, 15) is 27.9 Å². The number of nitrogens with one attached hydrogen (secondary N) is 1. The maximum Gasteiger partial charge on any atom is 0.490 e. The minimum Gasteiger partial charge on any atom is -0.478 e. The summed E-state index contributed by atoms with van der Waals surface area (Å²) in [6.45, 7) is 5.68. The molecular formula is C22H24ClF3N2O5. The lowest BCUT2D eigenvalue weighted by atomic mass is 10.1. The summed E-state index contributed by atoms with van der Waals surface area (Å²) in [6, 6.07) is 11.5. The van der Waals surface area contributed by atoms with Gasteiger partial charge in [0.25, 0.3) is 5.91 Å². The van der Waals surface area contributed by atoms with E-state index in [1.165, 1.54) is 6.07 Å². The quantitative estimate of drug-likeness (QED) is 0.449. The molecule has 1 amide bonds. The zero-order chi connectivity index (χ0) is 25.2. The summed E-state index contributed by atoms with van der Waals surface area (Å²) >= 11 is 5.83. The Morgan fingerprint density at radius 2 is 1.48 bits per heavy atom. The molecule has 0 aliphatic rings. The van der Waals surface area contributed by atoms with Gasteiger partial charge in [-0.15, -0.1) is 0 Å². The second-order valence-electron chi connectivity index (χ2n) is 6.79. The summed E-state index contributed by atoms with van der Waals surface area (Å²) in [5.74, 6) is -4.09. The van der Waals surface area contributed by atoms with Crippen molar-refractivity contribution in [3.63, 3.8) is 0 Å². The molecule has 180 valence electrons. The van der Waals surface area contributed by atoms with Crippen molar-refractivity contribution in [2.75, 3.05) is 23.3 Å². The first-order valence-corrected chi connectivity index (χ1v) is 10.3. The Morgan fingerprint density at radius 3 is 1.91 bits per heavy atom. The molecule has 3 N–H and O–H groups in total. The standard InChI is InChI=1S/C20H23ClN2O3.C2HF3O2/c1-3-11-23(12-4-2)18-10-9-16(13-17(18)20(25)26)22-19(24)14-5-7-15(21)8-6-14;3-2(4,5)1(6)7/h5-10,13H,3-4,11-12H2,1-2H3,(H,22,24)(H,25,26);(H,6,7). The number of anilines is 2. The van der Waals surface area contributed by atoms with Crippen LogP contribution in [0.2, 0.25) is 5.02 Å². The zero-order valence-corrected chi connectivity index (χ0v) is 18.7. The van der Waals surface area contributed by atoms with Crippen LogP contribution in [0.3, 0.4) is 0 Å². The number of carbonyl (C=O) groups is 3. The van der Waals surface area contributed by atoms with E-state index in [2.05, 4.69) is 24.1 Å². The van der Waals surface area contributed by atoms with Gasteiger partial charge in [0, 0.05) is 29.4 Å². The van der Waals surface area contributed by atoms with Crippen LogP contribution in [-0.4, -0.2) is 47.3 Å². The van der Waals surface area contributed by atoms with Gasteiger partial charge in [0.1, 0.15) is 0 Å². The average Bonchev–Trinajstić information content (AvgIpc) is 2.73. The summed E-state index contributed by atoms with van der Waals surface area (Å²) in [4.78, 5) is 35.0. The first kappa shape index (κ1) is 27.8. The molecule has 0 aromatic heterocycles. The zero-order valence-electron chi connectivity index (χ0n) is 17.9. The number of hydrogen-bond acceptors (Lipinski definition) is 4. The van der Waals surface area contributed by atoms with Gasteiger partial charge in [-0.25, -0.2) is 9.59 Å². The van der Waals surface area contributed by atoms with Crippen molar-refractivity contribution in [3.05, 3.63) is 58.6 Å². The molecule has 2 aromatic rings. The van der Waals surface area contributed by atoms with E-state index in [-0.39, 0.29) is 11.5 Å². The molecule has 7 nitrogen and oxygen atoms in total. The Balaban J connectivity index is 0.000000675. The lowest BCUT2D eigenvalue weighted by Gasteiger charge is -2.25. The average molecular weight is 489 g/mol. The van der Waals surface area contributed by atoms with E-state index in [0.29, 0.717) is 22.0 Å². The summed E-state index contributed by atoms with van der Waals surface area (Å²) in [5.41, 5.74) is 1.75. The second kappa shape index (κ2) is 12.7. The number of aromatic carboxylic acids is 1. The third kappa shape index (κ3) is 9.01. The predicted octanol–water partition coefficient (Wildman–Crippen LogP) is 5.55. The summed E-state index contributed by atoms with van der Waals surface area (Å²) in [5, 5.41) is 20.0. The fourth-order valence-electron chi connectivity index (χ4n) is 2.76. The smallest absolute Gasteiger partial charge is 0.478 e. The highest BCUT2D eigenvalue weighted by atomic mass is 35.5. The molecule has 2 rings (SSSR count). The minimum absolute atomic E-state index is 0.181. The number of carboxylic acid groups (broad SMARTS) is 2. The number of amides is 1. The van der Waals surface area contributed by atoms with Gasteiger partial charge in [-0.05, 0) is 55.3 Å². The summed E-state index contributed by atoms with van der Waals surface area (Å²) < 4.78 is 31.7. The number of carboxylic acids is 2. The fourth-order valence-corrected chi connectivity index (χ4v) is 2.88. The van der Waals surface area contributed by atoms with Crippen molar-refractivity contribution in [2.45, 2.75) is 32.9 Å². The SMILES string of the molecule is CCCN(CCC)c1ccc(NC(=O)c2ccc(Cl)cc2)cc1C(=O)O.O=C(O)C(F)(F)F. The van der Waals surface area contributed by atoms with E-state index in [1.54, 1.807) is 36.4 Å². The topological polar surface area (TPSA) is 107 Å². The van der Waals surface area contributed by atoms with E-state index in [0.717, 1.165) is 25.9 Å². The van der Waals surface area contributed by atoms with Crippen LogP contribution >= 0.6 is 11.6 Å². The van der Waals surface area contributed by atoms with Crippen LogP contribution in [0.25, 0.3) is 0 Å². The Hall–Kier alpha value is -3.27. The first-order chi connectivity index (χ1) is 15.4. The third-order valence-corrected chi connectivity index (χ3v) is 4.41. The Labute approximate surface area is 193 Å². The largest absolute Gasteiger partial charge is 0.490 e. The molecule has 0 radical (unpaired) electrons. The van der Waals surface area contributed by atoms with Gasteiger partial charge in [-0.3, -0.25) is 4.79 Å². The second-order valence-corrected chi connectivity index (χ2v) is 7.22. The first-order valence-electron chi connectivity index (χ1n) is 9.90. The highest BCUT2D eigenvalue weighted by molar-refractivity contribution is 6.30. The van der Waals surface area contributed by atoms with Crippen molar-refractivity contribution in [3.8, 4) is 0 Å². The van der Waals surface area contributed by atoms with Crippen molar-refractivity contribution >= 4 is 40.8 Å². The normalized spacial score (nSPS) is 10.6. The van der Waals surface area contributed by atoms with Crippen LogP contribution < -0.4 is 10.2 Å². The van der Waals surface area contributed by atoms with Crippen LogP contribution in [0, 0.1) is 0 Å². The molecular weight excluding hydrogens is 465 g/mol. The number of halogens is 4. The van der Waals surface area contributed by atoms with Gasteiger partial charge in [-0.1, -0.05) is 25.4 Å². The number of aliphatic carboxylic acids is 1. The molecule has 0 saturated heterocycles. The molecule has 0 heterocycles. The molecule has 0 atom stereocenters. The third-order valence-electron chi connectivity index (χ3n) is 4.16. The fraction of sp³-hybridized carbons (Fsp3) is 0.318. The molecule has 0 aliphatic carbocycles. The lowest BCUT2D eigenvalue weighted by molar-refractivity contribution is -0.192. The monoisotopic (exact) mass is 488 g/mol. The van der Waals surface area contributed by atoms with Crippen molar-refractivity contribution in [1.82, 2.24) is 0 Å². The van der Waals surface area contributed by atoms with Gasteiger partial charge in [0.2, 0.25) is 0 Å². The molecule has 0 saturated carbocycles. The predicted molar refractivity (Wildman–Crippen MR) is 119 cm³/mol. The molecule has 0 spiro atoms.